The molecular weight excluding hydrogens is 481 g/mol. The van der Waals surface area contributed by atoms with Gasteiger partial charge in [-0.15, -0.1) is 24.0 Å². The van der Waals surface area contributed by atoms with E-state index in [1.54, 1.807) is 7.11 Å². The van der Waals surface area contributed by atoms with Crippen molar-refractivity contribution in [3.8, 4) is 0 Å². The van der Waals surface area contributed by atoms with Crippen molar-refractivity contribution in [2.45, 2.75) is 76.9 Å². The molecule has 0 bridgehead atoms. The molecule has 170 valence electrons. The topological polar surface area (TPSA) is 55.3 Å². The number of nitrogens with zero attached hydrogens (tertiary/aromatic N) is 2. The lowest BCUT2D eigenvalue weighted by molar-refractivity contribution is -0.0721. The monoisotopic (exact) mass is 523 g/mol. The highest BCUT2D eigenvalue weighted by Gasteiger charge is 2.36. The minimum absolute atomic E-state index is 0. The number of rotatable bonds is 9. The first-order valence-electron chi connectivity index (χ1n) is 11.5. The second-order valence-corrected chi connectivity index (χ2v) is 8.77. The molecule has 3 aliphatic rings. The number of ether oxygens (including phenoxy) is 3. The highest BCUT2D eigenvalue weighted by molar-refractivity contribution is 14.0. The zero-order valence-corrected chi connectivity index (χ0v) is 20.8. The zero-order valence-electron chi connectivity index (χ0n) is 18.5. The van der Waals surface area contributed by atoms with Crippen molar-refractivity contribution in [3.05, 3.63) is 0 Å². The van der Waals surface area contributed by atoms with Crippen LogP contribution in [0.3, 0.4) is 0 Å². The molecule has 0 radical (unpaired) electrons. The summed E-state index contributed by atoms with van der Waals surface area (Å²) in [6.45, 7) is 8.55. The van der Waals surface area contributed by atoms with Crippen LogP contribution in [0.2, 0.25) is 0 Å². The van der Waals surface area contributed by atoms with E-state index >= 15 is 0 Å². The molecule has 3 fully saturated rings. The van der Waals surface area contributed by atoms with E-state index in [1.807, 2.05) is 0 Å². The van der Waals surface area contributed by atoms with Gasteiger partial charge in [-0.25, -0.2) is 0 Å². The van der Waals surface area contributed by atoms with Gasteiger partial charge in [-0.1, -0.05) is 6.42 Å². The van der Waals surface area contributed by atoms with Gasteiger partial charge in [-0.3, -0.25) is 4.99 Å². The normalized spacial score (nSPS) is 25.2. The molecule has 1 saturated carbocycles. The van der Waals surface area contributed by atoms with Crippen molar-refractivity contribution in [1.29, 1.82) is 0 Å². The minimum atomic E-state index is 0. The van der Waals surface area contributed by atoms with Crippen molar-refractivity contribution in [2.24, 2.45) is 10.4 Å². The van der Waals surface area contributed by atoms with E-state index in [0.717, 1.165) is 77.6 Å². The van der Waals surface area contributed by atoms with E-state index in [0.29, 0.717) is 17.6 Å². The number of guanidine groups is 1. The highest BCUT2D eigenvalue weighted by Crippen LogP contribution is 2.44. The maximum atomic E-state index is 6.17. The maximum absolute atomic E-state index is 6.17. The lowest BCUT2D eigenvalue weighted by atomic mass is 9.67. The Morgan fingerprint density at radius 3 is 2.55 bits per heavy atom. The summed E-state index contributed by atoms with van der Waals surface area (Å²) in [7, 11) is 1.80. The molecule has 2 heterocycles. The fraction of sp³-hybridized carbons (Fsp3) is 0.955. The van der Waals surface area contributed by atoms with Crippen LogP contribution in [0.4, 0.5) is 0 Å². The number of aliphatic imine (C=N–C) groups is 1. The summed E-state index contributed by atoms with van der Waals surface area (Å²) in [5.41, 5.74) is 0.373. The molecular formula is C22H42IN3O3. The van der Waals surface area contributed by atoms with Crippen molar-refractivity contribution >= 4 is 29.9 Å². The van der Waals surface area contributed by atoms with Crippen LogP contribution in [0.25, 0.3) is 0 Å². The number of nitrogens with one attached hydrogen (secondary N) is 1. The molecule has 3 rings (SSSR count). The maximum Gasteiger partial charge on any atom is 0.193 e. The summed E-state index contributed by atoms with van der Waals surface area (Å²) in [6, 6.07) is 0. The van der Waals surface area contributed by atoms with Gasteiger partial charge in [0.2, 0.25) is 0 Å². The van der Waals surface area contributed by atoms with Crippen molar-refractivity contribution in [3.63, 3.8) is 0 Å². The minimum Gasteiger partial charge on any atom is -0.385 e. The van der Waals surface area contributed by atoms with E-state index in [4.69, 9.17) is 19.2 Å². The Bertz CT molecular complexity index is 474. The summed E-state index contributed by atoms with van der Waals surface area (Å²) in [6.07, 6.45) is 11.5. The number of hydrogen-bond donors (Lipinski definition) is 1. The summed E-state index contributed by atoms with van der Waals surface area (Å²) in [5, 5.41) is 3.51. The molecule has 0 aromatic carbocycles. The Morgan fingerprint density at radius 1 is 1.17 bits per heavy atom. The second kappa shape index (κ2) is 13.3. The van der Waals surface area contributed by atoms with Crippen molar-refractivity contribution < 1.29 is 14.2 Å². The smallest absolute Gasteiger partial charge is 0.193 e. The Kier molecular flexibility index (Phi) is 11.6. The second-order valence-electron chi connectivity index (χ2n) is 8.77. The van der Waals surface area contributed by atoms with Gasteiger partial charge in [0.05, 0.1) is 18.8 Å². The van der Waals surface area contributed by atoms with Gasteiger partial charge >= 0.3 is 0 Å². The molecule has 2 saturated heterocycles. The van der Waals surface area contributed by atoms with Crippen LogP contribution in [0.15, 0.2) is 4.99 Å². The largest absolute Gasteiger partial charge is 0.385 e. The average Bonchev–Trinajstić information content (AvgIpc) is 2.71. The predicted octanol–water partition coefficient (Wildman–Crippen LogP) is 3.83. The molecule has 6 nitrogen and oxygen atoms in total. The van der Waals surface area contributed by atoms with Crippen LogP contribution in [-0.4, -0.2) is 76.2 Å². The SMILES string of the molecule is CCNC(=NCC1(CCOC)CCC1)N1CCC(OCC2CCCCO2)CC1.I. The summed E-state index contributed by atoms with van der Waals surface area (Å²) in [5.74, 6) is 1.08. The Hall–Kier alpha value is -0.120. The fourth-order valence-corrected chi connectivity index (χ4v) is 4.57. The number of piperidine rings is 1. The van der Waals surface area contributed by atoms with Crippen molar-refractivity contribution in [2.75, 3.05) is 53.1 Å². The standard InChI is InChI=1S/C22H41N3O3.HI/c1-3-23-21(24-18-22(10-6-11-22)12-16-26-2)25-13-8-19(9-14-25)28-17-20-7-4-5-15-27-20;/h19-20H,3-18H2,1-2H3,(H,23,24);1H. The van der Waals surface area contributed by atoms with E-state index in [2.05, 4.69) is 17.1 Å². The fourth-order valence-electron chi connectivity index (χ4n) is 4.57. The predicted molar refractivity (Wildman–Crippen MR) is 128 cm³/mol. The summed E-state index contributed by atoms with van der Waals surface area (Å²) in [4.78, 5) is 7.46. The molecule has 0 spiro atoms. The number of halogens is 1. The number of methoxy groups -OCH3 is 1. The molecule has 1 N–H and O–H groups in total. The first-order valence-corrected chi connectivity index (χ1v) is 11.5. The van der Waals surface area contributed by atoms with Gasteiger partial charge < -0.3 is 24.4 Å². The van der Waals surface area contributed by atoms with Crippen LogP contribution >= 0.6 is 24.0 Å². The Balaban J connectivity index is 0.00000300. The molecule has 0 aromatic rings. The van der Waals surface area contributed by atoms with E-state index in [1.165, 1.54) is 32.1 Å². The molecule has 1 atom stereocenters. The quantitative estimate of drug-likeness (QED) is 0.283. The van der Waals surface area contributed by atoms with Crippen LogP contribution in [0.1, 0.15) is 64.7 Å². The zero-order chi connectivity index (χ0) is 19.7. The van der Waals surface area contributed by atoms with Gasteiger partial charge in [-0.2, -0.15) is 0 Å². The van der Waals surface area contributed by atoms with Gasteiger partial charge in [0.15, 0.2) is 5.96 Å². The van der Waals surface area contributed by atoms with Crippen molar-refractivity contribution in [1.82, 2.24) is 10.2 Å². The van der Waals surface area contributed by atoms with Gasteiger partial charge in [0.1, 0.15) is 0 Å². The molecule has 1 aliphatic carbocycles. The van der Waals surface area contributed by atoms with Gasteiger partial charge in [0, 0.05) is 46.5 Å². The first kappa shape index (κ1) is 25.1. The van der Waals surface area contributed by atoms with E-state index < -0.39 is 0 Å². The van der Waals surface area contributed by atoms with Gasteiger partial charge in [-0.05, 0) is 63.7 Å². The third kappa shape index (κ3) is 7.82. The average molecular weight is 524 g/mol. The van der Waals surface area contributed by atoms with Crippen LogP contribution in [0.5, 0.6) is 0 Å². The molecule has 0 amide bonds. The molecule has 2 aliphatic heterocycles. The van der Waals surface area contributed by atoms with Crippen LogP contribution < -0.4 is 5.32 Å². The lowest BCUT2D eigenvalue weighted by Gasteiger charge is -2.41. The Morgan fingerprint density at radius 2 is 1.97 bits per heavy atom. The summed E-state index contributed by atoms with van der Waals surface area (Å²) < 4.78 is 17.3. The Labute approximate surface area is 194 Å². The number of hydrogen-bond acceptors (Lipinski definition) is 4. The summed E-state index contributed by atoms with van der Waals surface area (Å²) >= 11 is 0. The first-order chi connectivity index (χ1) is 13.7. The molecule has 29 heavy (non-hydrogen) atoms. The van der Waals surface area contributed by atoms with E-state index in [9.17, 15) is 0 Å². The number of likely N-dealkylation sites (tertiary alicyclic amines) is 1. The lowest BCUT2D eigenvalue weighted by Crippen LogP contribution is -2.48. The van der Waals surface area contributed by atoms with E-state index in [-0.39, 0.29) is 24.0 Å². The van der Waals surface area contributed by atoms with Crippen LogP contribution in [-0.2, 0) is 14.2 Å². The molecule has 1 unspecified atom stereocenters. The molecule has 7 heteroatoms. The molecule has 0 aromatic heterocycles. The van der Waals surface area contributed by atoms with Crippen LogP contribution in [0, 0.1) is 5.41 Å². The van der Waals surface area contributed by atoms with Gasteiger partial charge in [0.25, 0.3) is 0 Å². The third-order valence-electron chi connectivity index (χ3n) is 6.68. The highest BCUT2D eigenvalue weighted by atomic mass is 127. The third-order valence-corrected chi connectivity index (χ3v) is 6.68.